The second-order valence-electron chi connectivity index (χ2n) is 5.48. The van der Waals surface area contributed by atoms with E-state index in [0.717, 1.165) is 16.7 Å². The average Bonchev–Trinajstić information content (AvgIpc) is 2.55. The molecule has 0 aliphatic heterocycles. The lowest BCUT2D eigenvalue weighted by Crippen LogP contribution is -2.14. The molecular weight excluding hydrogens is 288 g/mol. The van der Waals surface area contributed by atoms with E-state index >= 15 is 0 Å². The van der Waals surface area contributed by atoms with Crippen LogP contribution in [-0.4, -0.2) is 17.7 Å². The van der Waals surface area contributed by atoms with Crippen LogP contribution in [0.25, 0.3) is 0 Å². The summed E-state index contributed by atoms with van der Waals surface area (Å²) >= 11 is 0. The normalized spacial score (nSPS) is 10.1. The van der Waals surface area contributed by atoms with Gasteiger partial charge < -0.3 is 9.84 Å². The number of rotatable bonds is 4. The fourth-order valence-electron chi connectivity index (χ4n) is 1.96. The molecule has 0 saturated heterocycles. The number of esters is 1. The van der Waals surface area contributed by atoms with E-state index in [9.17, 15) is 4.79 Å². The van der Waals surface area contributed by atoms with E-state index in [1.54, 1.807) is 26.0 Å². The van der Waals surface area contributed by atoms with Gasteiger partial charge in [-0.1, -0.05) is 43.9 Å². The zero-order valence-corrected chi connectivity index (χ0v) is 13.4. The van der Waals surface area contributed by atoms with E-state index in [1.807, 2.05) is 36.4 Å². The van der Waals surface area contributed by atoms with E-state index in [-0.39, 0.29) is 18.5 Å². The number of ether oxygens (including phenoxy) is 1. The number of carbonyl (C=O) groups is 1. The van der Waals surface area contributed by atoms with Crippen molar-refractivity contribution in [2.45, 2.75) is 20.3 Å². The van der Waals surface area contributed by atoms with Gasteiger partial charge in [0.1, 0.15) is 5.75 Å². The Labute approximate surface area is 136 Å². The lowest BCUT2D eigenvalue weighted by molar-refractivity contribution is -0.137. The predicted molar refractivity (Wildman–Crippen MR) is 90.1 cm³/mol. The number of hydrogen-bond donors (Lipinski definition) is 1. The molecule has 0 amide bonds. The van der Waals surface area contributed by atoms with Crippen LogP contribution >= 0.6 is 0 Å². The summed E-state index contributed by atoms with van der Waals surface area (Å²) in [5.41, 5.74) is 2.79. The fourth-order valence-corrected chi connectivity index (χ4v) is 1.96. The first-order valence-corrected chi connectivity index (χ1v) is 7.62. The first kappa shape index (κ1) is 16.8. The number of aliphatic hydroxyl groups excluding tert-OH is 1. The molecule has 0 heterocycles. The van der Waals surface area contributed by atoms with Gasteiger partial charge in [0.15, 0.2) is 0 Å². The first-order valence-electron chi connectivity index (χ1n) is 7.62. The van der Waals surface area contributed by atoms with Gasteiger partial charge in [-0.05, 0) is 42.3 Å². The molecule has 3 nitrogen and oxygen atoms in total. The largest absolute Gasteiger partial charge is 0.426 e. The van der Waals surface area contributed by atoms with Crippen LogP contribution in [-0.2, 0) is 11.2 Å². The molecule has 2 aromatic rings. The minimum Gasteiger partial charge on any atom is -0.426 e. The molecule has 0 bridgehead atoms. The Morgan fingerprint density at radius 1 is 1.09 bits per heavy atom. The summed E-state index contributed by atoms with van der Waals surface area (Å²) < 4.78 is 5.23. The molecule has 0 spiro atoms. The molecule has 0 aliphatic carbocycles. The maximum atomic E-state index is 11.5. The maximum absolute atomic E-state index is 11.5. The van der Waals surface area contributed by atoms with Crippen molar-refractivity contribution in [3.63, 3.8) is 0 Å². The topological polar surface area (TPSA) is 46.5 Å². The second-order valence-corrected chi connectivity index (χ2v) is 5.48. The molecule has 1 N–H and O–H groups in total. The monoisotopic (exact) mass is 308 g/mol. The Bertz CT molecular complexity index is 719. The van der Waals surface area contributed by atoms with Crippen LogP contribution in [0.3, 0.4) is 0 Å². The van der Waals surface area contributed by atoms with Crippen molar-refractivity contribution in [3.8, 4) is 17.6 Å². The van der Waals surface area contributed by atoms with Crippen LogP contribution < -0.4 is 4.74 Å². The molecular formula is C20H20O3. The molecule has 2 rings (SSSR count). The standard InChI is InChI=1S/C20H20O3/c1-15(2)20(22)23-19-11-8-16(9-12-19)7-10-17-5-3-4-6-18(17)13-14-21/h3-6,8-9,11-12,15,21H,13-14H2,1-2H3. The Morgan fingerprint density at radius 3 is 2.43 bits per heavy atom. The second kappa shape index (κ2) is 8.17. The Morgan fingerprint density at radius 2 is 1.78 bits per heavy atom. The Balaban J connectivity index is 2.12. The van der Waals surface area contributed by atoms with Crippen LogP contribution in [0, 0.1) is 17.8 Å². The summed E-state index contributed by atoms with van der Waals surface area (Å²) in [5.74, 6) is 6.33. The smallest absolute Gasteiger partial charge is 0.313 e. The van der Waals surface area contributed by atoms with E-state index in [2.05, 4.69) is 11.8 Å². The summed E-state index contributed by atoms with van der Waals surface area (Å²) in [4.78, 5) is 11.5. The summed E-state index contributed by atoms with van der Waals surface area (Å²) in [6.07, 6.45) is 0.592. The van der Waals surface area contributed by atoms with Gasteiger partial charge in [-0.25, -0.2) is 0 Å². The lowest BCUT2D eigenvalue weighted by Gasteiger charge is -2.06. The van der Waals surface area contributed by atoms with Crippen LogP contribution in [0.1, 0.15) is 30.5 Å². The van der Waals surface area contributed by atoms with E-state index in [0.29, 0.717) is 12.2 Å². The van der Waals surface area contributed by atoms with E-state index in [1.165, 1.54) is 0 Å². The average molecular weight is 308 g/mol. The molecule has 0 saturated carbocycles. The molecule has 3 heteroatoms. The molecule has 0 fully saturated rings. The molecule has 2 aromatic carbocycles. The highest BCUT2D eigenvalue weighted by Gasteiger charge is 2.09. The number of hydrogen-bond acceptors (Lipinski definition) is 3. The third kappa shape index (κ3) is 4.98. The van der Waals surface area contributed by atoms with Gasteiger partial charge in [0.25, 0.3) is 0 Å². The molecule has 23 heavy (non-hydrogen) atoms. The highest BCUT2D eigenvalue weighted by Crippen LogP contribution is 2.14. The highest BCUT2D eigenvalue weighted by molar-refractivity contribution is 5.74. The minimum absolute atomic E-state index is 0.106. The van der Waals surface area contributed by atoms with Crippen molar-refractivity contribution >= 4 is 5.97 Å². The van der Waals surface area contributed by atoms with Crippen molar-refractivity contribution in [3.05, 3.63) is 65.2 Å². The van der Waals surface area contributed by atoms with E-state index < -0.39 is 0 Å². The van der Waals surface area contributed by atoms with Crippen LogP contribution in [0.5, 0.6) is 5.75 Å². The Kier molecular flexibility index (Phi) is 5.96. The van der Waals surface area contributed by atoms with E-state index in [4.69, 9.17) is 9.84 Å². The third-order valence-electron chi connectivity index (χ3n) is 3.28. The highest BCUT2D eigenvalue weighted by atomic mass is 16.5. The van der Waals surface area contributed by atoms with Crippen molar-refractivity contribution in [1.82, 2.24) is 0 Å². The molecule has 0 unspecified atom stereocenters. The summed E-state index contributed by atoms with van der Waals surface area (Å²) in [5, 5.41) is 9.08. The number of carbonyl (C=O) groups excluding carboxylic acids is 1. The van der Waals surface area contributed by atoms with Gasteiger partial charge in [-0.15, -0.1) is 0 Å². The minimum atomic E-state index is -0.248. The van der Waals surface area contributed by atoms with Crippen molar-refractivity contribution in [1.29, 1.82) is 0 Å². The van der Waals surface area contributed by atoms with Crippen molar-refractivity contribution in [2.24, 2.45) is 5.92 Å². The van der Waals surface area contributed by atoms with Gasteiger partial charge in [0.05, 0.1) is 5.92 Å². The molecule has 0 aliphatic rings. The Hall–Kier alpha value is -2.57. The number of benzene rings is 2. The summed E-state index contributed by atoms with van der Waals surface area (Å²) in [6.45, 7) is 3.70. The zero-order chi connectivity index (χ0) is 16.7. The third-order valence-corrected chi connectivity index (χ3v) is 3.28. The predicted octanol–water partition coefficient (Wildman–Crippen LogP) is 3.18. The van der Waals surface area contributed by atoms with Gasteiger partial charge in [0, 0.05) is 17.7 Å². The molecule has 0 radical (unpaired) electrons. The summed E-state index contributed by atoms with van der Waals surface area (Å²) in [7, 11) is 0. The fraction of sp³-hybridized carbons (Fsp3) is 0.250. The van der Waals surface area contributed by atoms with Crippen LogP contribution in [0.2, 0.25) is 0 Å². The molecule has 0 atom stereocenters. The van der Waals surface area contributed by atoms with Crippen molar-refractivity contribution in [2.75, 3.05) is 6.61 Å². The molecule has 118 valence electrons. The first-order chi connectivity index (χ1) is 11.1. The summed E-state index contributed by atoms with van der Waals surface area (Å²) in [6, 6.07) is 14.9. The van der Waals surface area contributed by atoms with Crippen LogP contribution in [0.4, 0.5) is 0 Å². The molecule has 0 aromatic heterocycles. The van der Waals surface area contributed by atoms with Gasteiger partial charge in [-0.3, -0.25) is 4.79 Å². The van der Waals surface area contributed by atoms with Crippen LogP contribution in [0.15, 0.2) is 48.5 Å². The zero-order valence-electron chi connectivity index (χ0n) is 13.4. The van der Waals surface area contributed by atoms with Crippen molar-refractivity contribution < 1.29 is 14.6 Å². The quantitative estimate of drug-likeness (QED) is 0.536. The number of aliphatic hydroxyl groups is 1. The SMILES string of the molecule is CC(C)C(=O)Oc1ccc(C#Cc2ccccc2CCO)cc1. The van der Waals surface area contributed by atoms with Gasteiger partial charge >= 0.3 is 5.97 Å². The lowest BCUT2D eigenvalue weighted by atomic mass is 10.0. The maximum Gasteiger partial charge on any atom is 0.313 e. The van der Waals surface area contributed by atoms with Gasteiger partial charge in [-0.2, -0.15) is 0 Å². The van der Waals surface area contributed by atoms with Gasteiger partial charge in [0.2, 0.25) is 0 Å².